The van der Waals surface area contributed by atoms with E-state index in [1.807, 2.05) is 63.2 Å². The second kappa shape index (κ2) is 7.78. The van der Waals surface area contributed by atoms with E-state index in [-0.39, 0.29) is 11.9 Å². The molecule has 0 fully saturated rings. The summed E-state index contributed by atoms with van der Waals surface area (Å²) in [4.78, 5) is 17.6. The van der Waals surface area contributed by atoms with Gasteiger partial charge < -0.3 is 9.88 Å². The van der Waals surface area contributed by atoms with Crippen molar-refractivity contribution in [1.82, 2.24) is 14.9 Å². The van der Waals surface area contributed by atoms with Crippen molar-refractivity contribution >= 4 is 16.9 Å². The van der Waals surface area contributed by atoms with Crippen molar-refractivity contribution in [2.75, 3.05) is 0 Å². The summed E-state index contributed by atoms with van der Waals surface area (Å²) in [7, 11) is 0. The number of rotatable bonds is 6. The lowest BCUT2D eigenvalue weighted by molar-refractivity contribution is -0.129. The summed E-state index contributed by atoms with van der Waals surface area (Å²) < 4.78 is 2.14. The molecule has 1 aromatic heterocycles. The van der Waals surface area contributed by atoms with E-state index in [0.29, 0.717) is 13.0 Å². The zero-order valence-electron chi connectivity index (χ0n) is 16.3. The van der Waals surface area contributed by atoms with Crippen LogP contribution in [0.3, 0.4) is 0 Å². The average Bonchev–Trinajstić information content (AvgIpc) is 3.00. The number of imidazole rings is 1. The molecule has 0 aliphatic rings. The van der Waals surface area contributed by atoms with Crippen LogP contribution in [0.4, 0.5) is 0 Å². The van der Waals surface area contributed by atoms with E-state index in [4.69, 9.17) is 4.98 Å². The minimum Gasteiger partial charge on any atom is -0.345 e. The Hall–Kier alpha value is -2.88. The molecule has 0 saturated carbocycles. The number of hydrogen-bond donors (Lipinski definition) is 1. The lowest BCUT2D eigenvalue weighted by Gasteiger charge is -2.25. The zero-order valence-corrected chi connectivity index (χ0v) is 16.3. The van der Waals surface area contributed by atoms with Crippen molar-refractivity contribution in [2.45, 2.75) is 39.8 Å². The van der Waals surface area contributed by atoms with E-state index < -0.39 is 5.41 Å². The maximum absolute atomic E-state index is 12.8. The summed E-state index contributed by atoms with van der Waals surface area (Å²) in [5.41, 5.74) is 2.67. The first-order chi connectivity index (χ1) is 12.9. The Bertz CT molecular complexity index is 935. The van der Waals surface area contributed by atoms with Crippen molar-refractivity contribution in [2.24, 2.45) is 5.41 Å². The second-order valence-electron chi connectivity index (χ2n) is 7.82. The number of carbonyl (C=O) groups excluding carboxylic acids is 1. The van der Waals surface area contributed by atoms with Crippen LogP contribution in [0.25, 0.3) is 11.0 Å². The topological polar surface area (TPSA) is 46.9 Å². The highest BCUT2D eigenvalue weighted by molar-refractivity contribution is 5.82. The molecule has 1 N–H and O–H groups in total. The molecular formula is C23H27N3O. The van der Waals surface area contributed by atoms with Gasteiger partial charge >= 0.3 is 0 Å². The summed E-state index contributed by atoms with van der Waals surface area (Å²) in [5.74, 6) is 0.873. The Balaban J connectivity index is 2.06. The number of amides is 1. The third-order valence-corrected chi connectivity index (χ3v) is 4.58. The maximum Gasteiger partial charge on any atom is 0.225 e. The van der Waals surface area contributed by atoms with E-state index in [9.17, 15) is 4.79 Å². The van der Waals surface area contributed by atoms with Crippen LogP contribution in [-0.2, 0) is 17.8 Å². The van der Waals surface area contributed by atoms with Gasteiger partial charge in [-0.05, 0) is 24.1 Å². The van der Waals surface area contributed by atoms with Crippen LogP contribution in [-0.4, -0.2) is 15.5 Å². The molecule has 0 radical (unpaired) electrons. The van der Waals surface area contributed by atoms with E-state index in [0.717, 1.165) is 22.4 Å². The Morgan fingerprint density at radius 3 is 2.48 bits per heavy atom. The SMILES string of the molecule is C=CCn1c(C(Cc2ccccc2)NC(=O)C(C)(C)C)nc2ccccc21. The second-order valence-corrected chi connectivity index (χ2v) is 7.82. The van der Waals surface area contributed by atoms with Gasteiger partial charge in [0.1, 0.15) is 5.82 Å². The highest BCUT2D eigenvalue weighted by Gasteiger charge is 2.27. The number of nitrogens with one attached hydrogen (secondary N) is 1. The minimum absolute atomic E-state index is 0.0145. The van der Waals surface area contributed by atoms with Gasteiger partial charge in [-0.25, -0.2) is 4.98 Å². The number of allylic oxidation sites excluding steroid dienone is 1. The van der Waals surface area contributed by atoms with Crippen LogP contribution in [0.15, 0.2) is 67.3 Å². The molecule has 2 aromatic carbocycles. The molecule has 0 bridgehead atoms. The van der Waals surface area contributed by atoms with Crippen molar-refractivity contribution in [3.8, 4) is 0 Å². The Morgan fingerprint density at radius 2 is 1.81 bits per heavy atom. The van der Waals surface area contributed by atoms with Crippen LogP contribution in [0.2, 0.25) is 0 Å². The van der Waals surface area contributed by atoms with Gasteiger partial charge in [-0.3, -0.25) is 4.79 Å². The quantitative estimate of drug-likeness (QED) is 0.649. The summed E-state index contributed by atoms with van der Waals surface area (Å²) in [5, 5.41) is 3.22. The molecule has 1 atom stereocenters. The highest BCUT2D eigenvalue weighted by Crippen LogP contribution is 2.25. The van der Waals surface area contributed by atoms with Crippen LogP contribution in [0, 0.1) is 5.41 Å². The van der Waals surface area contributed by atoms with E-state index in [1.54, 1.807) is 0 Å². The molecule has 0 spiro atoms. The monoisotopic (exact) mass is 361 g/mol. The van der Waals surface area contributed by atoms with Gasteiger partial charge in [0, 0.05) is 12.0 Å². The normalized spacial score (nSPS) is 12.7. The van der Waals surface area contributed by atoms with Crippen LogP contribution in [0.1, 0.15) is 38.2 Å². The maximum atomic E-state index is 12.8. The standard InChI is InChI=1S/C23H27N3O/c1-5-15-26-20-14-10-9-13-18(20)24-21(26)19(25-22(27)23(2,3)4)16-17-11-7-6-8-12-17/h5-14,19H,1,15-16H2,2-4H3,(H,25,27). The Labute approximate surface area is 160 Å². The highest BCUT2D eigenvalue weighted by atomic mass is 16.2. The van der Waals surface area contributed by atoms with Crippen molar-refractivity contribution < 1.29 is 4.79 Å². The predicted octanol–water partition coefficient (Wildman–Crippen LogP) is 4.67. The van der Waals surface area contributed by atoms with Gasteiger partial charge in [0.2, 0.25) is 5.91 Å². The molecule has 0 aliphatic carbocycles. The first-order valence-corrected chi connectivity index (χ1v) is 9.31. The third-order valence-electron chi connectivity index (χ3n) is 4.58. The van der Waals surface area contributed by atoms with Gasteiger partial charge in [0.05, 0.1) is 17.1 Å². The molecule has 0 saturated heterocycles. The largest absolute Gasteiger partial charge is 0.345 e. The number of fused-ring (bicyclic) bond motifs is 1. The molecule has 4 nitrogen and oxygen atoms in total. The van der Waals surface area contributed by atoms with Gasteiger partial charge in [-0.15, -0.1) is 6.58 Å². The molecule has 0 aliphatic heterocycles. The van der Waals surface area contributed by atoms with Crippen LogP contribution < -0.4 is 5.32 Å². The van der Waals surface area contributed by atoms with Gasteiger partial charge in [-0.1, -0.05) is 69.3 Å². The van der Waals surface area contributed by atoms with Crippen molar-refractivity contribution in [3.63, 3.8) is 0 Å². The molecule has 3 aromatic rings. The smallest absolute Gasteiger partial charge is 0.225 e. The molecule has 4 heteroatoms. The fourth-order valence-corrected chi connectivity index (χ4v) is 3.11. The van der Waals surface area contributed by atoms with Crippen LogP contribution in [0.5, 0.6) is 0 Å². The van der Waals surface area contributed by atoms with Crippen LogP contribution >= 0.6 is 0 Å². The number of carbonyl (C=O) groups is 1. The molecule has 1 amide bonds. The van der Waals surface area contributed by atoms with Crippen molar-refractivity contribution in [3.05, 3.63) is 78.6 Å². The fraction of sp³-hybridized carbons (Fsp3) is 0.304. The molecule has 3 rings (SSSR count). The number of benzene rings is 2. The zero-order chi connectivity index (χ0) is 19.4. The van der Waals surface area contributed by atoms with Gasteiger partial charge in [-0.2, -0.15) is 0 Å². The number of para-hydroxylation sites is 2. The Morgan fingerprint density at radius 1 is 1.15 bits per heavy atom. The lowest BCUT2D eigenvalue weighted by Crippen LogP contribution is -2.39. The summed E-state index contributed by atoms with van der Waals surface area (Å²) in [6, 6.07) is 18.0. The minimum atomic E-state index is -0.468. The summed E-state index contributed by atoms with van der Waals surface area (Å²) in [6.45, 7) is 10.3. The number of hydrogen-bond acceptors (Lipinski definition) is 2. The van der Waals surface area contributed by atoms with E-state index >= 15 is 0 Å². The molecule has 27 heavy (non-hydrogen) atoms. The number of aromatic nitrogens is 2. The lowest BCUT2D eigenvalue weighted by atomic mass is 9.94. The first-order valence-electron chi connectivity index (χ1n) is 9.31. The van der Waals surface area contributed by atoms with Gasteiger partial charge in [0.25, 0.3) is 0 Å². The fourth-order valence-electron chi connectivity index (χ4n) is 3.11. The van der Waals surface area contributed by atoms with E-state index in [2.05, 4.69) is 34.7 Å². The van der Waals surface area contributed by atoms with Crippen molar-refractivity contribution in [1.29, 1.82) is 0 Å². The number of nitrogens with zero attached hydrogens (tertiary/aromatic N) is 2. The van der Waals surface area contributed by atoms with E-state index in [1.165, 1.54) is 0 Å². The third kappa shape index (κ3) is 4.27. The average molecular weight is 361 g/mol. The summed E-state index contributed by atoms with van der Waals surface area (Å²) in [6.07, 6.45) is 2.55. The molecule has 140 valence electrons. The first kappa shape index (κ1) is 18.9. The molecular weight excluding hydrogens is 334 g/mol. The predicted molar refractivity (Wildman–Crippen MR) is 110 cm³/mol. The molecule has 1 heterocycles. The molecule has 1 unspecified atom stereocenters. The Kier molecular flexibility index (Phi) is 5.45. The van der Waals surface area contributed by atoms with Gasteiger partial charge in [0.15, 0.2) is 0 Å². The summed E-state index contributed by atoms with van der Waals surface area (Å²) >= 11 is 0.